The molecule has 2 amide bonds. The summed E-state index contributed by atoms with van der Waals surface area (Å²) in [6.45, 7) is 3.50. The van der Waals surface area contributed by atoms with Crippen molar-refractivity contribution in [1.82, 2.24) is 14.8 Å². The summed E-state index contributed by atoms with van der Waals surface area (Å²) in [6.07, 6.45) is 4.89. The van der Waals surface area contributed by atoms with Crippen molar-refractivity contribution in [2.75, 3.05) is 32.5 Å². The number of urea groups is 1. The van der Waals surface area contributed by atoms with Gasteiger partial charge in [0.1, 0.15) is 5.82 Å². The Morgan fingerprint density at radius 3 is 2.95 bits per heavy atom. The molecular weight excluding hydrogens is 268 g/mol. The Balaban J connectivity index is 2.14. The van der Waals surface area contributed by atoms with Crippen molar-refractivity contribution in [3.05, 3.63) is 29.5 Å². The van der Waals surface area contributed by atoms with Gasteiger partial charge in [-0.3, -0.25) is 10.1 Å². The van der Waals surface area contributed by atoms with Crippen LogP contribution in [0.4, 0.5) is 10.6 Å². The fourth-order valence-corrected chi connectivity index (χ4v) is 2.03. The Morgan fingerprint density at radius 2 is 2.29 bits per heavy atom. The number of amides is 2. The van der Waals surface area contributed by atoms with E-state index in [2.05, 4.69) is 10.3 Å². The number of pyridine rings is 1. The minimum atomic E-state index is -0.121. The van der Waals surface area contributed by atoms with Gasteiger partial charge in [-0.15, -0.1) is 0 Å². The summed E-state index contributed by atoms with van der Waals surface area (Å²) < 4.78 is 0. The minimum Gasteiger partial charge on any atom is -0.319 e. The molecule has 6 nitrogen and oxygen atoms in total. The number of likely N-dealkylation sites (N-methyl/N-ethyl adjacent to an activating group) is 1. The minimum absolute atomic E-state index is 0.00590. The van der Waals surface area contributed by atoms with E-state index in [1.807, 2.05) is 25.1 Å². The van der Waals surface area contributed by atoms with Gasteiger partial charge in [-0.1, -0.05) is 0 Å². The molecule has 1 N–H and O–H groups in total. The van der Waals surface area contributed by atoms with Gasteiger partial charge in [0.25, 0.3) is 0 Å². The van der Waals surface area contributed by atoms with Crippen LogP contribution in [-0.4, -0.2) is 53.8 Å². The van der Waals surface area contributed by atoms with E-state index in [1.165, 1.54) is 13.0 Å². The molecule has 1 aromatic heterocycles. The Hall–Kier alpha value is -2.21. The van der Waals surface area contributed by atoms with Crippen LogP contribution in [0.15, 0.2) is 18.3 Å². The molecular formula is C15H20N4O2. The Labute approximate surface area is 124 Å². The average molecular weight is 288 g/mol. The number of carbonyl (C=O) groups excluding carboxylic acids is 2. The molecule has 0 saturated carbocycles. The normalized spacial score (nSPS) is 14.5. The zero-order valence-corrected chi connectivity index (χ0v) is 12.6. The summed E-state index contributed by atoms with van der Waals surface area (Å²) >= 11 is 0. The van der Waals surface area contributed by atoms with Crippen molar-refractivity contribution in [2.24, 2.45) is 0 Å². The van der Waals surface area contributed by atoms with E-state index in [1.54, 1.807) is 17.2 Å². The van der Waals surface area contributed by atoms with Gasteiger partial charge in [0.15, 0.2) is 5.78 Å². The van der Waals surface area contributed by atoms with Crippen LogP contribution in [0, 0.1) is 0 Å². The van der Waals surface area contributed by atoms with Crippen LogP contribution in [-0.2, 0) is 11.3 Å². The van der Waals surface area contributed by atoms with Crippen molar-refractivity contribution in [3.8, 4) is 0 Å². The summed E-state index contributed by atoms with van der Waals surface area (Å²) in [5.41, 5.74) is 1.81. The fraction of sp³-hybridized carbons (Fsp3) is 0.400. The molecule has 6 heteroatoms. The summed E-state index contributed by atoms with van der Waals surface area (Å²) in [5.74, 6) is 0.592. The van der Waals surface area contributed by atoms with Gasteiger partial charge in [-0.25, -0.2) is 9.78 Å². The first-order chi connectivity index (χ1) is 9.95. The molecule has 2 rings (SSSR count). The number of nitrogens with one attached hydrogen (secondary N) is 1. The number of aromatic nitrogens is 1. The van der Waals surface area contributed by atoms with Gasteiger partial charge in [-0.2, -0.15) is 0 Å². The highest BCUT2D eigenvalue weighted by molar-refractivity contribution is 5.92. The van der Waals surface area contributed by atoms with Crippen LogP contribution in [0.5, 0.6) is 0 Å². The van der Waals surface area contributed by atoms with Crippen molar-refractivity contribution in [1.29, 1.82) is 0 Å². The number of anilines is 1. The smallest absolute Gasteiger partial charge is 0.319 e. The highest BCUT2D eigenvalue weighted by Crippen LogP contribution is 2.22. The molecule has 0 spiro atoms. The van der Waals surface area contributed by atoms with E-state index in [0.29, 0.717) is 18.9 Å². The Bertz CT molecular complexity index is 581. The van der Waals surface area contributed by atoms with Gasteiger partial charge >= 0.3 is 6.03 Å². The van der Waals surface area contributed by atoms with Gasteiger partial charge in [-0.05, 0) is 44.8 Å². The Kier molecular flexibility index (Phi) is 4.70. The zero-order valence-electron chi connectivity index (χ0n) is 12.6. The van der Waals surface area contributed by atoms with E-state index < -0.39 is 0 Å². The number of fused-ring (bicyclic) bond motifs is 1. The predicted octanol–water partition coefficient (Wildman–Crippen LogP) is 1.59. The van der Waals surface area contributed by atoms with Crippen LogP contribution >= 0.6 is 0 Å². The third-order valence-corrected chi connectivity index (χ3v) is 3.19. The van der Waals surface area contributed by atoms with Crippen molar-refractivity contribution >= 4 is 23.7 Å². The molecule has 0 atom stereocenters. The molecule has 0 fully saturated rings. The second-order valence-electron chi connectivity index (χ2n) is 5.38. The largest absolute Gasteiger partial charge is 0.323 e. The van der Waals surface area contributed by atoms with Gasteiger partial charge in [0.05, 0.1) is 6.54 Å². The number of carbonyl (C=O) groups is 2. The van der Waals surface area contributed by atoms with Gasteiger partial charge < -0.3 is 9.80 Å². The molecule has 0 saturated heterocycles. The first kappa shape index (κ1) is 15.2. The lowest BCUT2D eigenvalue weighted by Gasteiger charge is -2.29. The number of allylic oxidation sites excluding steroid dienone is 1. The molecule has 1 aromatic rings. The topological polar surface area (TPSA) is 65.5 Å². The lowest BCUT2D eigenvalue weighted by molar-refractivity contribution is -0.112. The van der Waals surface area contributed by atoms with Crippen molar-refractivity contribution in [3.63, 3.8) is 0 Å². The molecule has 1 aliphatic heterocycles. The highest BCUT2D eigenvalue weighted by Gasteiger charge is 2.23. The van der Waals surface area contributed by atoms with Crippen molar-refractivity contribution in [2.45, 2.75) is 13.5 Å². The molecule has 0 unspecified atom stereocenters. The highest BCUT2D eigenvalue weighted by atomic mass is 16.2. The van der Waals surface area contributed by atoms with Gasteiger partial charge in [0.2, 0.25) is 0 Å². The molecule has 0 radical (unpaired) electrons. The maximum absolute atomic E-state index is 12.0. The first-order valence-electron chi connectivity index (χ1n) is 6.84. The Morgan fingerprint density at radius 1 is 1.52 bits per heavy atom. The van der Waals surface area contributed by atoms with E-state index in [-0.39, 0.29) is 11.8 Å². The number of hydrogen-bond acceptors (Lipinski definition) is 4. The number of nitrogens with zero attached hydrogens (tertiary/aromatic N) is 3. The first-order valence-corrected chi connectivity index (χ1v) is 6.84. The average Bonchev–Trinajstić information content (AvgIpc) is 2.42. The molecule has 0 aromatic carbocycles. The number of ketones is 1. The summed E-state index contributed by atoms with van der Waals surface area (Å²) in [5, 5.41) is 2.79. The van der Waals surface area contributed by atoms with Crippen LogP contribution in [0.25, 0.3) is 6.08 Å². The standard InChI is InChI=1S/C15H20N4O2/c1-11(20)4-5-12-8-13-10-19(7-6-18(2)3)15(21)17-14(13)16-9-12/h4-5,8-9H,6-7,10H2,1-3H3,(H,16,17,21)/b5-4+. The molecule has 0 bridgehead atoms. The molecule has 0 aliphatic carbocycles. The second-order valence-corrected chi connectivity index (χ2v) is 5.38. The monoisotopic (exact) mass is 288 g/mol. The van der Waals surface area contributed by atoms with Crippen LogP contribution in [0.3, 0.4) is 0 Å². The summed E-state index contributed by atoms with van der Waals surface area (Å²) in [7, 11) is 3.95. The van der Waals surface area contributed by atoms with Crippen LogP contribution in [0.1, 0.15) is 18.1 Å². The van der Waals surface area contributed by atoms with E-state index in [4.69, 9.17) is 0 Å². The van der Waals surface area contributed by atoms with E-state index in [0.717, 1.165) is 17.7 Å². The van der Waals surface area contributed by atoms with Crippen molar-refractivity contribution < 1.29 is 9.59 Å². The summed E-state index contributed by atoms with van der Waals surface area (Å²) in [6, 6.07) is 1.83. The molecule has 2 heterocycles. The van der Waals surface area contributed by atoms with Crippen LogP contribution < -0.4 is 5.32 Å². The maximum atomic E-state index is 12.0. The van der Waals surface area contributed by atoms with Gasteiger partial charge in [0, 0.05) is 24.8 Å². The number of rotatable bonds is 5. The maximum Gasteiger partial charge on any atom is 0.323 e. The molecule has 21 heavy (non-hydrogen) atoms. The third-order valence-electron chi connectivity index (χ3n) is 3.19. The zero-order chi connectivity index (χ0) is 15.4. The molecule has 112 valence electrons. The lowest BCUT2D eigenvalue weighted by atomic mass is 10.1. The second kappa shape index (κ2) is 6.49. The SMILES string of the molecule is CC(=O)/C=C/c1cnc2c(c1)CN(CCN(C)C)C(=O)N2. The predicted molar refractivity (Wildman–Crippen MR) is 81.9 cm³/mol. The van der Waals surface area contributed by atoms with Crippen LogP contribution in [0.2, 0.25) is 0 Å². The third kappa shape index (κ3) is 4.13. The summed E-state index contributed by atoms with van der Waals surface area (Å²) in [4.78, 5) is 31.0. The quantitative estimate of drug-likeness (QED) is 0.836. The van der Waals surface area contributed by atoms with E-state index >= 15 is 0 Å². The van der Waals surface area contributed by atoms with E-state index in [9.17, 15) is 9.59 Å². The fourth-order valence-electron chi connectivity index (χ4n) is 2.03. The lowest BCUT2D eigenvalue weighted by Crippen LogP contribution is -2.42. The number of hydrogen-bond donors (Lipinski definition) is 1. The molecule has 1 aliphatic rings.